The lowest BCUT2D eigenvalue weighted by atomic mass is 10.2. The molecule has 0 spiro atoms. The van der Waals surface area contributed by atoms with Crippen molar-refractivity contribution < 1.29 is 19.7 Å². The fourth-order valence-corrected chi connectivity index (χ4v) is 4.84. The molecule has 0 radical (unpaired) electrons. The van der Waals surface area contributed by atoms with E-state index in [4.69, 9.17) is 9.47 Å². The summed E-state index contributed by atoms with van der Waals surface area (Å²) in [5.41, 5.74) is -2.71. The highest BCUT2D eigenvalue weighted by atomic mass is 16.5. The molecule has 3 aliphatic rings. The number of nitrogens with zero attached hydrogens (tertiary/aromatic N) is 2. The third-order valence-electron chi connectivity index (χ3n) is 6.52. The van der Waals surface area contributed by atoms with Gasteiger partial charge in [0.25, 0.3) is 11.1 Å². The van der Waals surface area contributed by atoms with Crippen molar-refractivity contribution in [2.24, 2.45) is 0 Å². The summed E-state index contributed by atoms with van der Waals surface area (Å²) in [6.07, 6.45) is 0. The van der Waals surface area contributed by atoms with E-state index in [1.54, 1.807) is 24.3 Å². The standard InChI is InChI=1S/C28H22N2O8/c1-13(31)19-21-23(29(27(19)35)15-5-9-17(37-3)10-6-15)26(34)22-20(14(2)32)28(36)30(24(22)25(21)33)16-7-11-18(38-4)12-8-16/h5-12,31-32H,1-4H3/b19-13-,20-14-. The minimum absolute atomic E-state index is 0.243. The van der Waals surface area contributed by atoms with E-state index in [2.05, 4.69) is 0 Å². The summed E-state index contributed by atoms with van der Waals surface area (Å²) in [7, 11) is 2.95. The Morgan fingerprint density at radius 3 is 1.18 bits per heavy atom. The lowest BCUT2D eigenvalue weighted by Gasteiger charge is -2.05. The van der Waals surface area contributed by atoms with Gasteiger partial charge in [-0.25, -0.2) is 0 Å². The number of hydrogen-bond donors (Lipinski definition) is 2. The van der Waals surface area contributed by atoms with Gasteiger partial charge in [0.05, 0.1) is 35.1 Å². The van der Waals surface area contributed by atoms with Crippen LogP contribution in [0.25, 0.3) is 22.9 Å². The van der Waals surface area contributed by atoms with E-state index in [-0.39, 0.29) is 42.9 Å². The van der Waals surface area contributed by atoms with Crippen molar-refractivity contribution in [3.05, 3.63) is 121 Å². The van der Waals surface area contributed by atoms with Gasteiger partial charge in [-0.3, -0.25) is 28.3 Å². The Hall–Kier alpha value is -5.12. The van der Waals surface area contributed by atoms with Crippen LogP contribution in [0, 0.1) is 21.1 Å². The number of aromatic nitrogens is 2. The SMILES string of the molecule is COc1ccc(-n2c3c(=O)c4/c(=C(\C)O)c(=O)n(-c5ccc(OC)cc5)c=4c(=O)c=3/c(=C(\C)O)c2=O)cc1. The van der Waals surface area contributed by atoms with E-state index in [9.17, 15) is 29.4 Å². The Morgan fingerprint density at radius 2 is 0.921 bits per heavy atom. The van der Waals surface area contributed by atoms with Crippen LogP contribution in [0.4, 0.5) is 0 Å². The van der Waals surface area contributed by atoms with Gasteiger partial charge in [0.15, 0.2) is 0 Å². The van der Waals surface area contributed by atoms with Gasteiger partial charge < -0.3 is 19.7 Å². The molecule has 0 unspecified atom stereocenters. The summed E-state index contributed by atoms with van der Waals surface area (Å²) in [5.74, 6) is 0.0751. The van der Waals surface area contributed by atoms with Crippen LogP contribution >= 0.6 is 0 Å². The zero-order chi connectivity index (χ0) is 27.5. The Bertz CT molecular complexity index is 2030. The van der Waals surface area contributed by atoms with Crippen molar-refractivity contribution >= 4 is 11.5 Å². The van der Waals surface area contributed by atoms with Crippen LogP contribution in [0.3, 0.4) is 0 Å². The summed E-state index contributed by atoms with van der Waals surface area (Å²) in [4.78, 5) is 55.2. The van der Waals surface area contributed by atoms with E-state index in [0.717, 1.165) is 9.13 Å². The maximum absolute atomic E-state index is 14.1. The van der Waals surface area contributed by atoms with Gasteiger partial charge in [-0.15, -0.1) is 0 Å². The summed E-state index contributed by atoms with van der Waals surface area (Å²) in [6.45, 7) is 2.47. The number of hydrogen-bond acceptors (Lipinski definition) is 8. The normalized spacial score (nSPS) is 13.2. The van der Waals surface area contributed by atoms with Crippen molar-refractivity contribution in [2.45, 2.75) is 13.8 Å². The smallest absolute Gasteiger partial charge is 0.267 e. The Balaban J connectivity index is 2.13. The van der Waals surface area contributed by atoms with Crippen LogP contribution < -0.4 is 41.9 Å². The molecule has 0 fully saturated rings. The molecule has 0 atom stereocenters. The molecular formula is C28H22N2O8. The fourth-order valence-electron chi connectivity index (χ4n) is 4.84. The number of ether oxygens (including phenoxy) is 2. The number of rotatable bonds is 4. The lowest BCUT2D eigenvalue weighted by molar-refractivity contribution is 0.414. The quantitative estimate of drug-likeness (QED) is 0.352. The third kappa shape index (κ3) is 3.34. The first-order chi connectivity index (χ1) is 18.1. The van der Waals surface area contributed by atoms with Crippen molar-refractivity contribution in [2.75, 3.05) is 14.2 Å². The first kappa shape index (κ1) is 24.6. The van der Waals surface area contributed by atoms with E-state index in [1.807, 2.05) is 0 Å². The van der Waals surface area contributed by atoms with Gasteiger partial charge in [-0.05, 0) is 62.4 Å². The maximum atomic E-state index is 14.1. The maximum Gasteiger partial charge on any atom is 0.267 e. The number of methoxy groups -OCH3 is 2. The molecule has 38 heavy (non-hydrogen) atoms. The first-order valence-electron chi connectivity index (χ1n) is 11.5. The summed E-state index contributed by atoms with van der Waals surface area (Å²) in [6, 6.07) is 12.4. The second kappa shape index (κ2) is 8.77. The Labute approximate surface area is 212 Å². The minimum atomic E-state index is -0.817. The van der Waals surface area contributed by atoms with Gasteiger partial charge in [0, 0.05) is 11.4 Å². The van der Waals surface area contributed by atoms with Crippen LogP contribution in [0.2, 0.25) is 0 Å². The topological polar surface area (TPSA) is 137 Å². The van der Waals surface area contributed by atoms with E-state index < -0.39 is 33.5 Å². The molecule has 2 aliphatic heterocycles. The highest BCUT2D eigenvalue weighted by molar-refractivity contribution is 5.45. The molecule has 0 amide bonds. The molecule has 0 bridgehead atoms. The number of benzene rings is 2. The first-order valence-corrected chi connectivity index (χ1v) is 11.5. The van der Waals surface area contributed by atoms with Crippen molar-refractivity contribution in [3.63, 3.8) is 0 Å². The van der Waals surface area contributed by atoms with Crippen LogP contribution in [-0.2, 0) is 0 Å². The predicted molar refractivity (Wildman–Crippen MR) is 139 cm³/mol. The van der Waals surface area contributed by atoms with Crippen LogP contribution in [0.5, 0.6) is 11.5 Å². The second-order valence-electron chi connectivity index (χ2n) is 8.70. The highest BCUT2D eigenvalue weighted by Crippen LogP contribution is 2.15. The van der Waals surface area contributed by atoms with E-state index in [0.29, 0.717) is 11.5 Å². The van der Waals surface area contributed by atoms with Crippen molar-refractivity contribution in [3.8, 4) is 22.9 Å². The summed E-state index contributed by atoms with van der Waals surface area (Å²) >= 11 is 0. The third-order valence-corrected chi connectivity index (χ3v) is 6.52. The van der Waals surface area contributed by atoms with Crippen LogP contribution in [-0.4, -0.2) is 33.6 Å². The van der Waals surface area contributed by atoms with Gasteiger partial charge in [0.2, 0.25) is 10.9 Å². The largest absolute Gasteiger partial charge is 0.512 e. The summed E-state index contributed by atoms with van der Waals surface area (Å²) in [5, 5.41) is 18.9. The average molecular weight is 514 g/mol. The molecule has 2 aromatic carbocycles. The van der Waals surface area contributed by atoms with E-state index >= 15 is 0 Å². The van der Waals surface area contributed by atoms with Crippen LogP contribution in [0.15, 0.2) is 67.7 Å². The van der Waals surface area contributed by atoms with E-state index in [1.165, 1.54) is 52.3 Å². The van der Waals surface area contributed by atoms with Crippen molar-refractivity contribution in [1.82, 2.24) is 9.13 Å². The Morgan fingerprint density at radius 1 is 0.605 bits per heavy atom. The minimum Gasteiger partial charge on any atom is -0.512 e. The monoisotopic (exact) mass is 514 g/mol. The van der Waals surface area contributed by atoms with Gasteiger partial charge in [-0.1, -0.05) is 0 Å². The highest BCUT2D eigenvalue weighted by Gasteiger charge is 2.23. The zero-order valence-corrected chi connectivity index (χ0v) is 20.9. The fraction of sp³-hybridized carbons (Fsp3) is 0.143. The van der Waals surface area contributed by atoms with Crippen molar-refractivity contribution in [1.29, 1.82) is 0 Å². The van der Waals surface area contributed by atoms with Crippen LogP contribution in [0.1, 0.15) is 13.8 Å². The molecule has 2 heterocycles. The number of aliphatic hydroxyl groups is 2. The molecule has 10 nitrogen and oxygen atoms in total. The van der Waals surface area contributed by atoms with Gasteiger partial charge in [-0.2, -0.15) is 0 Å². The molecular weight excluding hydrogens is 492 g/mol. The molecule has 192 valence electrons. The summed E-state index contributed by atoms with van der Waals surface area (Å²) < 4.78 is 12.4. The Kier molecular flexibility index (Phi) is 5.67. The zero-order valence-electron chi connectivity index (χ0n) is 20.9. The molecule has 2 N–H and O–H groups in total. The molecule has 0 aromatic heterocycles. The predicted octanol–water partition coefficient (Wildman–Crippen LogP) is 0.423. The second-order valence-corrected chi connectivity index (χ2v) is 8.70. The average Bonchev–Trinajstić information content (AvgIpc) is 3.39. The molecule has 0 saturated carbocycles. The molecule has 5 rings (SSSR count). The molecule has 0 saturated heterocycles. The lowest BCUT2D eigenvalue weighted by Crippen LogP contribution is -2.33. The molecule has 10 heteroatoms. The number of aliphatic hydroxyl groups excluding tert-OH is 2. The van der Waals surface area contributed by atoms with Gasteiger partial charge in [0.1, 0.15) is 33.7 Å². The van der Waals surface area contributed by atoms with Gasteiger partial charge >= 0.3 is 0 Å². The molecule has 2 aromatic rings. The molecule has 1 aliphatic carbocycles.